The summed E-state index contributed by atoms with van der Waals surface area (Å²) in [5.41, 5.74) is 1.34. The van der Waals surface area contributed by atoms with Crippen LogP contribution in [0.2, 0.25) is 0 Å². The molecule has 0 aliphatic heterocycles. The minimum absolute atomic E-state index is 0.424. The number of benzene rings is 1. The summed E-state index contributed by atoms with van der Waals surface area (Å²) in [6.07, 6.45) is 4.96. The molecule has 1 saturated carbocycles. The Morgan fingerprint density at radius 1 is 1.23 bits per heavy atom. The van der Waals surface area contributed by atoms with Gasteiger partial charge >= 0.3 is 6.09 Å². The van der Waals surface area contributed by atoms with Crippen LogP contribution < -0.4 is 10.6 Å². The molecular formula is C18H28N2O2. The average molecular weight is 304 g/mol. The summed E-state index contributed by atoms with van der Waals surface area (Å²) in [5.74, 6) is 0.899. The molecular weight excluding hydrogens is 276 g/mol. The zero-order valence-electron chi connectivity index (χ0n) is 14.1. The number of anilines is 2. The van der Waals surface area contributed by atoms with E-state index in [0.717, 1.165) is 17.3 Å². The smallest absolute Gasteiger partial charge is 0.412 e. The number of carbonyl (C=O) groups excluding carboxylic acids is 1. The average Bonchev–Trinajstić information content (AvgIpc) is 2.34. The number of ether oxygens (including phenoxy) is 1. The molecule has 1 unspecified atom stereocenters. The third kappa shape index (κ3) is 5.58. The highest BCUT2D eigenvalue weighted by Gasteiger charge is 2.20. The van der Waals surface area contributed by atoms with E-state index >= 15 is 0 Å². The van der Waals surface area contributed by atoms with E-state index in [2.05, 4.69) is 17.6 Å². The van der Waals surface area contributed by atoms with Crippen LogP contribution in [0.5, 0.6) is 0 Å². The minimum Gasteiger partial charge on any atom is -0.444 e. The van der Waals surface area contributed by atoms with Gasteiger partial charge in [-0.25, -0.2) is 4.79 Å². The highest BCUT2D eigenvalue weighted by molar-refractivity contribution is 5.85. The maximum Gasteiger partial charge on any atom is 0.412 e. The van der Waals surface area contributed by atoms with Crippen LogP contribution in [0, 0.1) is 5.92 Å². The highest BCUT2D eigenvalue weighted by Crippen LogP contribution is 2.31. The molecule has 4 heteroatoms. The van der Waals surface area contributed by atoms with Crippen LogP contribution in [0.3, 0.4) is 0 Å². The van der Waals surface area contributed by atoms with E-state index in [4.69, 9.17) is 4.74 Å². The fourth-order valence-electron chi connectivity index (χ4n) is 2.64. The predicted octanol–water partition coefficient (Wildman–Crippen LogP) is 5.02. The first kappa shape index (κ1) is 16.7. The van der Waals surface area contributed by atoms with Crippen molar-refractivity contribution in [3.8, 4) is 0 Å². The third-order valence-electron chi connectivity index (χ3n) is 3.85. The van der Waals surface area contributed by atoms with Crippen molar-refractivity contribution in [2.24, 2.45) is 5.92 Å². The van der Waals surface area contributed by atoms with Crippen LogP contribution in [0.1, 0.15) is 53.4 Å². The molecule has 1 amide bonds. The fourth-order valence-corrected chi connectivity index (χ4v) is 2.64. The molecule has 0 saturated heterocycles. The van der Waals surface area contributed by atoms with E-state index in [1.165, 1.54) is 25.7 Å². The summed E-state index contributed by atoms with van der Waals surface area (Å²) in [7, 11) is 0. The maximum absolute atomic E-state index is 11.7. The van der Waals surface area contributed by atoms with Crippen molar-refractivity contribution in [2.75, 3.05) is 10.6 Å². The van der Waals surface area contributed by atoms with Crippen molar-refractivity contribution in [1.29, 1.82) is 0 Å². The van der Waals surface area contributed by atoms with E-state index in [1.807, 2.05) is 45.0 Å². The van der Waals surface area contributed by atoms with Gasteiger partial charge < -0.3 is 10.1 Å². The van der Waals surface area contributed by atoms with Crippen LogP contribution in [0.25, 0.3) is 0 Å². The van der Waals surface area contributed by atoms with E-state index in [9.17, 15) is 4.79 Å². The molecule has 1 aliphatic rings. The summed E-state index contributed by atoms with van der Waals surface area (Å²) in [6.45, 7) is 7.78. The highest BCUT2D eigenvalue weighted by atomic mass is 16.6. The summed E-state index contributed by atoms with van der Waals surface area (Å²) in [5, 5.41) is 6.26. The van der Waals surface area contributed by atoms with Gasteiger partial charge in [0.05, 0.1) is 0 Å². The molecule has 1 aliphatic carbocycles. The van der Waals surface area contributed by atoms with Crippen LogP contribution in [-0.2, 0) is 4.74 Å². The van der Waals surface area contributed by atoms with Crippen LogP contribution in [0.15, 0.2) is 24.3 Å². The second-order valence-corrected chi connectivity index (χ2v) is 7.28. The number of hydrogen-bond donors (Lipinski definition) is 2. The second-order valence-electron chi connectivity index (χ2n) is 7.28. The summed E-state index contributed by atoms with van der Waals surface area (Å²) < 4.78 is 5.23. The molecule has 122 valence electrons. The maximum atomic E-state index is 11.7. The molecule has 0 spiro atoms. The van der Waals surface area contributed by atoms with Crippen LogP contribution in [0.4, 0.5) is 16.2 Å². The van der Waals surface area contributed by atoms with E-state index in [1.54, 1.807) is 0 Å². The standard InChI is InChI=1S/C18H28N2O2/c1-13(12-14-6-5-7-14)19-15-8-10-16(11-9-15)20-17(21)22-18(2,3)4/h8-11,13-14,19H,5-7,12H2,1-4H3,(H,20,21). The van der Waals surface area contributed by atoms with Gasteiger partial charge in [0.15, 0.2) is 0 Å². The summed E-state index contributed by atoms with van der Waals surface area (Å²) in [6, 6.07) is 8.24. The van der Waals surface area contributed by atoms with Gasteiger partial charge in [0, 0.05) is 17.4 Å². The predicted molar refractivity (Wildman–Crippen MR) is 91.3 cm³/mol. The lowest BCUT2D eigenvalue weighted by molar-refractivity contribution is 0.0636. The molecule has 1 atom stereocenters. The lowest BCUT2D eigenvalue weighted by atomic mass is 9.81. The largest absolute Gasteiger partial charge is 0.444 e. The van der Waals surface area contributed by atoms with Gasteiger partial charge in [-0.2, -0.15) is 0 Å². The van der Waals surface area contributed by atoms with E-state index in [0.29, 0.717) is 6.04 Å². The van der Waals surface area contributed by atoms with Crippen LogP contribution in [-0.4, -0.2) is 17.7 Å². The molecule has 0 aromatic heterocycles. The van der Waals surface area contributed by atoms with E-state index in [-0.39, 0.29) is 0 Å². The van der Waals surface area contributed by atoms with Gasteiger partial charge in [-0.05, 0) is 64.3 Å². The van der Waals surface area contributed by atoms with Crippen LogP contribution >= 0.6 is 0 Å². The van der Waals surface area contributed by atoms with Gasteiger partial charge in [-0.15, -0.1) is 0 Å². The lowest BCUT2D eigenvalue weighted by Crippen LogP contribution is -2.27. The first-order valence-electron chi connectivity index (χ1n) is 8.18. The molecule has 22 heavy (non-hydrogen) atoms. The Morgan fingerprint density at radius 3 is 2.32 bits per heavy atom. The Labute approximate surface area is 133 Å². The van der Waals surface area contributed by atoms with Gasteiger partial charge in [0.1, 0.15) is 5.60 Å². The summed E-state index contributed by atoms with van der Waals surface area (Å²) >= 11 is 0. The zero-order chi connectivity index (χ0) is 16.2. The topological polar surface area (TPSA) is 50.4 Å². The number of nitrogens with one attached hydrogen (secondary N) is 2. The second kappa shape index (κ2) is 7.03. The molecule has 2 rings (SSSR count). The van der Waals surface area contributed by atoms with Crippen molar-refractivity contribution in [1.82, 2.24) is 0 Å². The number of carbonyl (C=O) groups is 1. The molecule has 1 fully saturated rings. The van der Waals surface area contributed by atoms with Crippen molar-refractivity contribution in [2.45, 2.75) is 65.0 Å². The van der Waals surface area contributed by atoms with Crippen molar-refractivity contribution in [3.63, 3.8) is 0 Å². The number of rotatable bonds is 5. The first-order valence-corrected chi connectivity index (χ1v) is 8.18. The monoisotopic (exact) mass is 304 g/mol. The van der Waals surface area contributed by atoms with Crippen molar-refractivity contribution < 1.29 is 9.53 Å². The fraction of sp³-hybridized carbons (Fsp3) is 0.611. The quantitative estimate of drug-likeness (QED) is 0.802. The Bertz CT molecular complexity index is 487. The SMILES string of the molecule is CC(CC1CCC1)Nc1ccc(NC(=O)OC(C)(C)C)cc1. The molecule has 0 heterocycles. The van der Waals surface area contributed by atoms with Crippen molar-refractivity contribution >= 4 is 17.5 Å². The van der Waals surface area contributed by atoms with E-state index < -0.39 is 11.7 Å². The van der Waals surface area contributed by atoms with Gasteiger partial charge in [-0.1, -0.05) is 19.3 Å². The minimum atomic E-state index is -0.484. The molecule has 2 N–H and O–H groups in total. The molecule has 0 radical (unpaired) electrons. The Hall–Kier alpha value is -1.71. The lowest BCUT2D eigenvalue weighted by Gasteiger charge is -2.29. The van der Waals surface area contributed by atoms with Gasteiger partial charge in [0.25, 0.3) is 0 Å². The zero-order valence-corrected chi connectivity index (χ0v) is 14.1. The number of hydrogen-bond acceptors (Lipinski definition) is 3. The molecule has 1 aromatic carbocycles. The molecule has 4 nitrogen and oxygen atoms in total. The molecule has 0 bridgehead atoms. The summed E-state index contributed by atoms with van der Waals surface area (Å²) in [4.78, 5) is 11.7. The van der Waals surface area contributed by atoms with Gasteiger partial charge in [-0.3, -0.25) is 5.32 Å². The first-order chi connectivity index (χ1) is 10.3. The normalized spacial score (nSPS) is 16.5. The van der Waals surface area contributed by atoms with Gasteiger partial charge in [0.2, 0.25) is 0 Å². The Balaban J connectivity index is 1.80. The Kier molecular flexibility index (Phi) is 5.33. The number of amides is 1. The van der Waals surface area contributed by atoms with Crippen molar-refractivity contribution in [3.05, 3.63) is 24.3 Å². The molecule has 1 aromatic rings. The Morgan fingerprint density at radius 2 is 1.82 bits per heavy atom. The third-order valence-corrected chi connectivity index (χ3v) is 3.85.